The third-order valence-corrected chi connectivity index (χ3v) is 4.57. The molecular weight excluding hydrogens is 392 g/mol. The number of nitrogens with one attached hydrogen (secondary N) is 1. The first-order chi connectivity index (χ1) is 12.5. The molecule has 0 spiro atoms. The standard InChI is InChI=1S/C8H20NP.C8H18NP.C4H10.C4H9.2Li/c2*1-6(2)9-8(5)10-7(3)4;2*1-4(2)3;;/h6-10H,1-5H3;6-7,10H,1-5H3;4H,1-3H3;1-3H3;;/q;;;-1;2*+1. The minimum Gasteiger partial charge on any atom is -0.323 e. The largest absolute Gasteiger partial charge is 1.00 e. The zero-order chi connectivity index (χ0) is 23.4. The summed E-state index contributed by atoms with van der Waals surface area (Å²) in [6.07, 6.45) is 0. The van der Waals surface area contributed by atoms with Crippen molar-refractivity contribution in [1.82, 2.24) is 5.32 Å². The molecule has 174 valence electrons. The third kappa shape index (κ3) is 78.1. The average molecular weight is 450 g/mol. The van der Waals surface area contributed by atoms with Gasteiger partial charge in [0.05, 0.1) is 0 Å². The van der Waals surface area contributed by atoms with Crippen LogP contribution in [0.15, 0.2) is 4.99 Å². The summed E-state index contributed by atoms with van der Waals surface area (Å²) in [5.41, 5.74) is 2.91. The Kier molecular flexibility index (Phi) is 46.3. The first-order valence-electron chi connectivity index (χ1n) is 11.1. The van der Waals surface area contributed by atoms with Crippen molar-refractivity contribution in [2.45, 2.75) is 140 Å². The second kappa shape index (κ2) is 30.7. The molecule has 3 unspecified atom stereocenters. The monoisotopic (exact) mass is 449 g/mol. The minimum atomic E-state index is 0. The van der Waals surface area contributed by atoms with Gasteiger partial charge in [-0.1, -0.05) is 70.9 Å². The van der Waals surface area contributed by atoms with Crippen LogP contribution in [0, 0.1) is 11.8 Å². The fourth-order valence-corrected chi connectivity index (χ4v) is 4.49. The zero-order valence-electron chi connectivity index (χ0n) is 24.4. The molecule has 0 heterocycles. The molecule has 0 saturated heterocycles. The van der Waals surface area contributed by atoms with Gasteiger partial charge >= 0.3 is 37.7 Å². The molecular formula is C24H57Li2N2P2+. The molecule has 0 radical (unpaired) electrons. The Labute approximate surface area is 221 Å². The summed E-state index contributed by atoms with van der Waals surface area (Å²) in [5, 5.41) is 3.49. The minimum absolute atomic E-state index is 0. The number of hydrogen-bond acceptors (Lipinski definition) is 2. The summed E-state index contributed by atoms with van der Waals surface area (Å²) in [6, 6.07) is 1.09. The van der Waals surface area contributed by atoms with Gasteiger partial charge in [-0.05, 0) is 44.9 Å². The fourth-order valence-electron chi connectivity index (χ4n) is 1.89. The molecule has 0 aromatic rings. The van der Waals surface area contributed by atoms with Crippen molar-refractivity contribution >= 4 is 22.6 Å². The molecule has 0 saturated carbocycles. The molecule has 0 fully saturated rings. The molecule has 0 aromatic heterocycles. The quantitative estimate of drug-likeness (QED) is 0.275. The van der Waals surface area contributed by atoms with Crippen molar-refractivity contribution in [3.05, 3.63) is 5.92 Å². The Balaban J connectivity index is -0.0000000678. The van der Waals surface area contributed by atoms with Gasteiger partial charge in [-0.3, -0.25) is 4.99 Å². The van der Waals surface area contributed by atoms with Crippen LogP contribution in [0.3, 0.4) is 0 Å². The van der Waals surface area contributed by atoms with Gasteiger partial charge in [0.2, 0.25) is 0 Å². The molecule has 0 rings (SSSR count). The van der Waals surface area contributed by atoms with Gasteiger partial charge in [0.1, 0.15) is 0 Å². The Bertz CT molecular complexity index is 312. The van der Waals surface area contributed by atoms with E-state index < -0.39 is 0 Å². The second-order valence-electron chi connectivity index (χ2n) is 9.70. The molecule has 0 aliphatic carbocycles. The van der Waals surface area contributed by atoms with E-state index >= 15 is 0 Å². The second-order valence-corrected chi connectivity index (χ2v) is 14.2. The van der Waals surface area contributed by atoms with Crippen LogP contribution in [-0.2, 0) is 0 Å². The predicted molar refractivity (Wildman–Crippen MR) is 144 cm³/mol. The average Bonchev–Trinajstić information content (AvgIpc) is 2.32. The van der Waals surface area contributed by atoms with E-state index in [0.29, 0.717) is 17.9 Å². The number of hydrogen-bond donors (Lipinski definition) is 1. The molecule has 0 amide bonds. The Morgan fingerprint density at radius 1 is 0.733 bits per heavy atom. The predicted octanol–water partition coefficient (Wildman–Crippen LogP) is 2.61. The van der Waals surface area contributed by atoms with Crippen LogP contribution in [0.25, 0.3) is 0 Å². The van der Waals surface area contributed by atoms with Gasteiger partial charge in [-0.15, -0.1) is 8.58 Å². The van der Waals surface area contributed by atoms with Gasteiger partial charge in [-0.25, -0.2) is 0 Å². The van der Waals surface area contributed by atoms with Crippen LogP contribution in [0.1, 0.15) is 111 Å². The maximum absolute atomic E-state index is 4.45. The number of aliphatic imine (C=N–C) groups is 1. The molecule has 2 nitrogen and oxygen atoms in total. The molecule has 1 N–H and O–H groups in total. The Hall–Kier alpha value is 1.68. The van der Waals surface area contributed by atoms with E-state index in [0.717, 1.165) is 34.4 Å². The smallest absolute Gasteiger partial charge is 0.323 e. The first-order valence-corrected chi connectivity index (χ1v) is 13.3. The summed E-state index contributed by atoms with van der Waals surface area (Å²) >= 11 is 0. The van der Waals surface area contributed by atoms with Gasteiger partial charge in [0.15, 0.2) is 0 Å². The van der Waals surface area contributed by atoms with E-state index in [2.05, 4.69) is 121 Å². The van der Waals surface area contributed by atoms with E-state index in [-0.39, 0.29) is 37.7 Å². The van der Waals surface area contributed by atoms with Gasteiger partial charge in [-0.2, -0.15) is 20.8 Å². The molecule has 0 aromatic carbocycles. The van der Waals surface area contributed by atoms with E-state index in [1.54, 1.807) is 0 Å². The molecule has 0 aliphatic heterocycles. The topological polar surface area (TPSA) is 24.4 Å². The molecule has 0 aliphatic rings. The molecule has 0 bridgehead atoms. The van der Waals surface area contributed by atoms with E-state index in [9.17, 15) is 0 Å². The van der Waals surface area contributed by atoms with Crippen molar-refractivity contribution in [2.75, 3.05) is 0 Å². The van der Waals surface area contributed by atoms with Crippen molar-refractivity contribution in [2.24, 2.45) is 10.9 Å². The van der Waals surface area contributed by atoms with E-state index in [1.165, 1.54) is 11.4 Å². The summed E-state index contributed by atoms with van der Waals surface area (Å²) in [7, 11) is 1.95. The molecule has 3 atom stereocenters. The van der Waals surface area contributed by atoms with Gasteiger partial charge in [0, 0.05) is 23.3 Å². The van der Waals surface area contributed by atoms with Crippen LogP contribution in [0.4, 0.5) is 0 Å². The van der Waals surface area contributed by atoms with Crippen LogP contribution < -0.4 is 43.0 Å². The van der Waals surface area contributed by atoms with Crippen LogP contribution in [0.5, 0.6) is 0 Å². The van der Waals surface area contributed by atoms with Crippen molar-refractivity contribution in [3.8, 4) is 0 Å². The number of nitrogens with zero attached hydrogens (tertiary/aromatic N) is 1. The van der Waals surface area contributed by atoms with Crippen molar-refractivity contribution in [1.29, 1.82) is 0 Å². The summed E-state index contributed by atoms with van der Waals surface area (Å²) in [5.74, 6) is 2.94. The maximum atomic E-state index is 4.45. The van der Waals surface area contributed by atoms with E-state index in [1.807, 2.05) is 0 Å². The summed E-state index contributed by atoms with van der Waals surface area (Å²) < 4.78 is 0. The molecule has 30 heavy (non-hydrogen) atoms. The van der Waals surface area contributed by atoms with Crippen molar-refractivity contribution < 1.29 is 37.7 Å². The summed E-state index contributed by atoms with van der Waals surface area (Å²) in [4.78, 5) is 4.45. The first kappa shape index (κ1) is 45.2. The fraction of sp³-hybridized carbons (Fsp3) is 0.917. The van der Waals surface area contributed by atoms with E-state index in [4.69, 9.17) is 0 Å². The number of rotatable bonds is 7. The third-order valence-electron chi connectivity index (χ3n) is 2.12. The zero-order valence-corrected chi connectivity index (χ0v) is 26.4. The van der Waals surface area contributed by atoms with Gasteiger partial charge in [0.25, 0.3) is 0 Å². The normalized spacial score (nSPS) is 12.5. The SMILES string of the molecule is CC(=NC(C)C)PC(C)C.CC(C)C.CC(C)NC(C)PC(C)C.C[C-](C)C.[Li+].[Li+]. The Morgan fingerprint density at radius 2 is 1.07 bits per heavy atom. The van der Waals surface area contributed by atoms with Crippen LogP contribution in [0.2, 0.25) is 0 Å². The van der Waals surface area contributed by atoms with Crippen LogP contribution in [-0.4, -0.2) is 34.6 Å². The van der Waals surface area contributed by atoms with Gasteiger partial charge < -0.3 is 11.2 Å². The van der Waals surface area contributed by atoms with Crippen molar-refractivity contribution in [3.63, 3.8) is 0 Å². The maximum Gasteiger partial charge on any atom is 1.00 e. The Morgan fingerprint density at radius 3 is 1.27 bits per heavy atom. The summed E-state index contributed by atoms with van der Waals surface area (Å²) in [6.45, 7) is 34.8. The molecule has 6 heteroatoms. The van der Waals surface area contributed by atoms with Crippen LogP contribution >= 0.6 is 17.2 Å².